The number of sulfone groups is 1. The van der Waals surface area contributed by atoms with Crippen molar-refractivity contribution < 1.29 is 17.6 Å². The first-order valence-electron chi connectivity index (χ1n) is 6.81. The largest absolute Gasteiger partial charge is 0.309 e. The summed E-state index contributed by atoms with van der Waals surface area (Å²) in [5.41, 5.74) is 0.584. The van der Waals surface area contributed by atoms with Crippen molar-refractivity contribution in [3.63, 3.8) is 0 Å². The molecule has 2 aromatic carbocycles. The van der Waals surface area contributed by atoms with Crippen molar-refractivity contribution in [2.24, 2.45) is 0 Å². The summed E-state index contributed by atoms with van der Waals surface area (Å²) in [5.74, 6) is -0.857. The fourth-order valence-electron chi connectivity index (χ4n) is 2.11. The molecule has 0 saturated carbocycles. The monoisotopic (exact) mass is 355 g/mol. The maximum Gasteiger partial charge on any atom is 0.259 e. The summed E-state index contributed by atoms with van der Waals surface area (Å²) in [7, 11) is -3.46. The first-order valence-corrected chi connectivity index (χ1v) is 9.08. The van der Waals surface area contributed by atoms with Gasteiger partial charge in [-0.25, -0.2) is 12.8 Å². The van der Waals surface area contributed by atoms with Gasteiger partial charge in [0.1, 0.15) is 5.82 Å². The van der Waals surface area contributed by atoms with Crippen LogP contribution in [0.3, 0.4) is 0 Å². The number of carbonyl (C=O) groups is 1. The Morgan fingerprint density at radius 2 is 1.78 bits per heavy atom. The van der Waals surface area contributed by atoms with Crippen LogP contribution in [0.15, 0.2) is 47.4 Å². The van der Waals surface area contributed by atoms with E-state index in [0.717, 1.165) is 6.26 Å². The van der Waals surface area contributed by atoms with Gasteiger partial charge in [0.25, 0.3) is 5.91 Å². The van der Waals surface area contributed by atoms with Crippen LogP contribution in [-0.4, -0.2) is 27.1 Å². The number of hydrogen-bond acceptors (Lipinski definition) is 3. The Labute approximate surface area is 139 Å². The van der Waals surface area contributed by atoms with Crippen molar-refractivity contribution in [2.75, 3.05) is 17.7 Å². The fraction of sp³-hybridized carbons (Fsp3) is 0.188. The molecule has 2 aromatic rings. The number of anilines is 1. The van der Waals surface area contributed by atoms with Crippen LogP contribution >= 0.6 is 11.6 Å². The van der Waals surface area contributed by atoms with Crippen LogP contribution in [0, 0.1) is 5.82 Å². The number of hydrogen-bond donors (Lipinski definition) is 0. The van der Waals surface area contributed by atoms with E-state index in [-0.39, 0.29) is 15.5 Å². The minimum absolute atomic E-state index is 0.0143. The third-order valence-electron chi connectivity index (χ3n) is 3.30. The zero-order valence-electron chi connectivity index (χ0n) is 12.6. The fourth-order valence-corrected chi connectivity index (χ4v) is 2.95. The Kier molecular flexibility index (Phi) is 5.06. The number of rotatable bonds is 4. The van der Waals surface area contributed by atoms with Crippen LogP contribution in [0.25, 0.3) is 0 Å². The number of halogens is 2. The first-order chi connectivity index (χ1) is 10.7. The molecule has 0 heterocycles. The average Bonchev–Trinajstić information content (AvgIpc) is 2.49. The van der Waals surface area contributed by atoms with Crippen molar-refractivity contribution in [1.82, 2.24) is 0 Å². The lowest BCUT2D eigenvalue weighted by molar-refractivity contribution is 0.0988. The molecule has 0 aromatic heterocycles. The zero-order valence-corrected chi connectivity index (χ0v) is 14.2. The van der Waals surface area contributed by atoms with Gasteiger partial charge in [0.05, 0.1) is 15.5 Å². The molecule has 0 aliphatic carbocycles. The molecule has 7 heteroatoms. The first kappa shape index (κ1) is 17.4. The van der Waals surface area contributed by atoms with Crippen LogP contribution in [0.1, 0.15) is 17.3 Å². The summed E-state index contributed by atoms with van der Waals surface area (Å²) in [6, 6.07) is 9.44. The SMILES string of the molecule is CCN(C(=O)c1cc(S(C)(=O)=O)ccc1Cl)c1ccc(F)cc1. The van der Waals surface area contributed by atoms with Gasteiger partial charge in [0, 0.05) is 18.5 Å². The smallest absolute Gasteiger partial charge is 0.259 e. The van der Waals surface area contributed by atoms with Crippen LogP contribution in [0.5, 0.6) is 0 Å². The molecule has 0 unspecified atom stereocenters. The third kappa shape index (κ3) is 3.89. The van der Waals surface area contributed by atoms with Crippen molar-refractivity contribution in [1.29, 1.82) is 0 Å². The van der Waals surface area contributed by atoms with Gasteiger partial charge in [-0.3, -0.25) is 4.79 Å². The summed E-state index contributed by atoms with van der Waals surface area (Å²) >= 11 is 6.05. The maximum absolute atomic E-state index is 13.0. The molecule has 1 amide bonds. The molecule has 0 atom stereocenters. The normalized spacial score (nSPS) is 11.3. The number of amides is 1. The zero-order chi connectivity index (χ0) is 17.2. The quantitative estimate of drug-likeness (QED) is 0.842. The van der Waals surface area contributed by atoms with Crippen molar-refractivity contribution in [2.45, 2.75) is 11.8 Å². The lowest BCUT2D eigenvalue weighted by Crippen LogP contribution is -2.31. The lowest BCUT2D eigenvalue weighted by atomic mass is 10.1. The molecular formula is C16H15ClFNO3S. The Balaban J connectivity index is 2.47. The van der Waals surface area contributed by atoms with Crippen molar-refractivity contribution in [3.8, 4) is 0 Å². The number of nitrogens with zero attached hydrogens (tertiary/aromatic N) is 1. The highest BCUT2D eigenvalue weighted by atomic mass is 35.5. The number of benzene rings is 2. The summed E-state index contributed by atoms with van der Waals surface area (Å²) in [5, 5.41) is 0.156. The van der Waals surface area contributed by atoms with E-state index < -0.39 is 21.6 Å². The second-order valence-corrected chi connectivity index (χ2v) is 7.36. The van der Waals surface area contributed by atoms with E-state index in [1.54, 1.807) is 6.92 Å². The van der Waals surface area contributed by atoms with Gasteiger partial charge in [0.15, 0.2) is 9.84 Å². The molecular weight excluding hydrogens is 341 g/mol. The van der Waals surface area contributed by atoms with Crippen molar-refractivity contribution >= 4 is 33.0 Å². The van der Waals surface area contributed by atoms with Crippen LogP contribution in [0.4, 0.5) is 10.1 Å². The Bertz CT molecular complexity index is 835. The van der Waals surface area contributed by atoms with Crippen LogP contribution in [-0.2, 0) is 9.84 Å². The van der Waals surface area contributed by atoms with Crippen LogP contribution < -0.4 is 4.90 Å². The highest BCUT2D eigenvalue weighted by Crippen LogP contribution is 2.25. The minimum atomic E-state index is -3.46. The molecule has 0 saturated heterocycles. The third-order valence-corrected chi connectivity index (χ3v) is 4.74. The van der Waals surface area contributed by atoms with Gasteiger partial charge >= 0.3 is 0 Å². The van der Waals surface area contributed by atoms with E-state index in [2.05, 4.69) is 0 Å². The molecule has 4 nitrogen and oxygen atoms in total. The van der Waals surface area contributed by atoms with Gasteiger partial charge in [0.2, 0.25) is 0 Å². The Morgan fingerprint density at radius 3 is 2.30 bits per heavy atom. The molecule has 0 spiro atoms. The molecule has 0 bridgehead atoms. The molecule has 2 rings (SSSR count). The van der Waals surface area contributed by atoms with E-state index in [1.807, 2.05) is 0 Å². The molecule has 0 fully saturated rings. The summed E-state index contributed by atoms with van der Waals surface area (Å²) < 4.78 is 36.3. The molecule has 0 aliphatic rings. The molecule has 0 aliphatic heterocycles. The van der Waals surface area contributed by atoms with Gasteiger partial charge in [-0.1, -0.05) is 11.6 Å². The second kappa shape index (κ2) is 6.68. The predicted molar refractivity (Wildman–Crippen MR) is 88.3 cm³/mol. The maximum atomic E-state index is 13.0. The second-order valence-electron chi connectivity index (χ2n) is 4.94. The van der Waals surface area contributed by atoms with E-state index >= 15 is 0 Å². The molecule has 0 N–H and O–H groups in total. The summed E-state index contributed by atoms with van der Waals surface area (Å²) in [6.07, 6.45) is 1.06. The highest BCUT2D eigenvalue weighted by molar-refractivity contribution is 7.90. The van der Waals surface area contributed by atoms with E-state index in [1.165, 1.54) is 47.4 Å². The predicted octanol–water partition coefficient (Wildman–Crippen LogP) is 3.55. The standard InChI is InChI=1S/C16H15ClFNO3S/c1-3-19(12-6-4-11(18)5-7-12)16(20)14-10-13(23(2,21)22)8-9-15(14)17/h4-10H,3H2,1-2H3. The number of carbonyl (C=O) groups excluding carboxylic acids is 1. The van der Waals surface area contributed by atoms with Crippen molar-refractivity contribution in [3.05, 3.63) is 58.9 Å². The average molecular weight is 356 g/mol. The minimum Gasteiger partial charge on any atom is -0.309 e. The molecule has 23 heavy (non-hydrogen) atoms. The summed E-state index contributed by atoms with van der Waals surface area (Å²) in [4.78, 5) is 14.1. The van der Waals surface area contributed by atoms with Gasteiger partial charge in [-0.15, -0.1) is 0 Å². The van der Waals surface area contributed by atoms with E-state index in [0.29, 0.717) is 12.2 Å². The van der Waals surface area contributed by atoms with Gasteiger partial charge in [-0.2, -0.15) is 0 Å². The van der Waals surface area contributed by atoms with Gasteiger partial charge in [-0.05, 0) is 49.4 Å². The van der Waals surface area contributed by atoms with E-state index in [4.69, 9.17) is 11.6 Å². The van der Waals surface area contributed by atoms with E-state index in [9.17, 15) is 17.6 Å². The molecule has 122 valence electrons. The Morgan fingerprint density at radius 1 is 1.17 bits per heavy atom. The van der Waals surface area contributed by atoms with Gasteiger partial charge < -0.3 is 4.90 Å². The topological polar surface area (TPSA) is 54.5 Å². The summed E-state index contributed by atoms with van der Waals surface area (Å²) in [6.45, 7) is 2.08. The molecule has 0 radical (unpaired) electrons. The lowest BCUT2D eigenvalue weighted by Gasteiger charge is -2.22. The highest BCUT2D eigenvalue weighted by Gasteiger charge is 2.21. The Hall–Kier alpha value is -1.92. The van der Waals surface area contributed by atoms with Crippen LogP contribution in [0.2, 0.25) is 5.02 Å².